The van der Waals surface area contributed by atoms with Crippen LogP contribution in [0.5, 0.6) is 0 Å². The number of nitrogens with zero attached hydrogens (tertiary/aromatic N) is 2. The molecule has 0 amide bonds. The molecule has 154 valence electrons. The average molecular weight is 412 g/mol. The maximum atomic E-state index is 13.3. The first kappa shape index (κ1) is 21.1. The number of rotatable bonds is 5. The van der Waals surface area contributed by atoms with E-state index in [0.29, 0.717) is 22.8 Å². The molecule has 3 aromatic rings. The summed E-state index contributed by atoms with van der Waals surface area (Å²) in [4.78, 5) is 0.362. The van der Waals surface area contributed by atoms with Crippen LogP contribution in [-0.4, -0.2) is 18.2 Å². The summed E-state index contributed by atoms with van der Waals surface area (Å²) in [5.41, 5.74) is 7.86. The zero-order valence-electron chi connectivity index (χ0n) is 18.2. The van der Waals surface area contributed by atoms with Crippen LogP contribution in [0.3, 0.4) is 0 Å². The Morgan fingerprint density at radius 2 is 1.48 bits per heavy atom. The van der Waals surface area contributed by atoms with Gasteiger partial charge < -0.3 is 0 Å². The molecule has 3 rings (SSSR count). The minimum atomic E-state index is -3.74. The smallest absolute Gasteiger partial charge is 0.262 e. The zero-order chi connectivity index (χ0) is 21.5. The highest BCUT2D eigenvalue weighted by molar-refractivity contribution is 7.92. The van der Waals surface area contributed by atoms with Gasteiger partial charge in [-0.1, -0.05) is 30.3 Å². The first-order valence-corrected chi connectivity index (χ1v) is 11.2. The minimum Gasteiger partial charge on any atom is -0.276 e. The van der Waals surface area contributed by atoms with Crippen molar-refractivity contribution in [3.8, 4) is 0 Å². The van der Waals surface area contributed by atoms with Crippen molar-refractivity contribution in [2.45, 2.75) is 59.9 Å². The lowest BCUT2D eigenvalue weighted by Gasteiger charge is -2.17. The van der Waals surface area contributed by atoms with Crippen molar-refractivity contribution in [1.82, 2.24) is 9.78 Å². The molecule has 0 saturated heterocycles. The van der Waals surface area contributed by atoms with Crippen LogP contribution in [0.15, 0.2) is 35.2 Å². The maximum Gasteiger partial charge on any atom is 0.262 e. The Kier molecular flexibility index (Phi) is 5.59. The van der Waals surface area contributed by atoms with Gasteiger partial charge in [-0.15, -0.1) is 0 Å². The second kappa shape index (κ2) is 7.67. The second-order valence-corrected chi connectivity index (χ2v) is 9.44. The van der Waals surface area contributed by atoms with Crippen molar-refractivity contribution in [3.05, 3.63) is 75.1 Å². The molecule has 0 fully saturated rings. The predicted octanol–water partition coefficient (Wildman–Crippen LogP) is 4.89. The second-order valence-electron chi connectivity index (χ2n) is 7.82. The largest absolute Gasteiger partial charge is 0.276 e. The van der Waals surface area contributed by atoms with Gasteiger partial charge in [0.05, 0.1) is 28.5 Å². The Morgan fingerprint density at radius 1 is 0.897 bits per heavy atom. The van der Waals surface area contributed by atoms with Crippen molar-refractivity contribution in [2.24, 2.45) is 0 Å². The molecule has 5 nitrogen and oxygen atoms in total. The summed E-state index contributed by atoms with van der Waals surface area (Å²) in [6.45, 7) is 14.0. The molecule has 0 atom stereocenters. The molecule has 1 aromatic heterocycles. The molecule has 0 aliphatic heterocycles. The number of benzene rings is 2. The van der Waals surface area contributed by atoms with E-state index in [1.807, 2.05) is 64.4 Å². The predicted molar refractivity (Wildman–Crippen MR) is 118 cm³/mol. The lowest BCUT2D eigenvalue weighted by Crippen LogP contribution is -2.18. The topological polar surface area (TPSA) is 64.0 Å². The fourth-order valence-electron chi connectivity index (χ4n) is 3.72. The van der Waals surface area contributed by atoms with E-state index in [-0.39, 0.29) is 0 Å². The molecule has 0 radical (unpaired) electrons. The average Bonchev–Trinajstić information content (AvgIpc) is 2.89. The molecule has 0 unspecified atom stereocenters. The van der Waals surface area contributed by atoms with Crippen molar-refractivity contribution in [1.29, 1.82) is 0 Å². The van der Waals surface area contributed by atoms with Crippen molar-refractivity contribution in [2.75, 3.05) is 4.72 Å². The van der Waals surface area contributed by atoms with Gasteiger partial charge in [0, 0.05) is 0 Å². The van der Waals surface area contributed by atoms with E-state index >= 15 is 0 Å². The molecular formula is C23H29N3O2S. The highest BCUT2D eigenvalue weighted by atomic mass is 32.2. The van der Waals surface area contributed by atoms with Crippen LogP contribution in [-0.2, 0) is 16.6 Å². The SMILES string of the molecule is Cc1ccccc1Cn1nc(C)c(NS(=O)(=O)c2c(C)c(C)cc(C)c2C)c1C. The maximum absolute atomic E-state index is 13.3. The van der Waals surface area contributed by atoms with Gasteiger partial charge in [-0.2, -0.15) is 5.10 Å². The van der Waals surface area contributed by atoms with Gasteiger partial charge >= 0.3 is 0 Å². The van der Waals surface area contributed by atoms with Crippen LogP contribution < -0.4 is 4.72 Å². The first-order valence-electron chi connectivity index (χ1n) is 9.71. The molecule has 0 aliphatic rings. The summed E-state index contributed by atoms with van der Waals surface area (Å²) in [7, 11) is -3.74. The van der Waals surface area contributed by atoms with Crippen LogP contribution in [0.2, 0.25) is 0 Å². The molecule has 1 heterocycles. The normalized spacial score (nSPS) is 11.7. The monoisotopic (exact) mass is 411 g/mol. The molecular weight excluding hydrogens is 382 g/mol. The highest BCUT2D eigenvalue weighted by Crippen LogP contribution is 2.30. The molecule has 1 N–H and O–H groups in total. The van der Waals surface area contributed by atoms with Gasteiger partial charge in [0.1, 0.15) is 0 Å². The van der Waals surface area contributed by atoms with E-state index in [2.05, 4.69) is 28.9 Å². The summed E-state index contributed by atoms with van der Waals surface area (Å²) in [5, 5.41) is 4.59. The quantitative estimate of drug-likeness (QED) is 0.650. The third kappa shape index (κ3) is 3.94. The fraction of sp³-hybridized carbons (Fsp3) is 0.348. The van der Waals surface area contributed by atoms with Crippen LogP contribution in [0.25, 0.3) is 0 Å². The van der Waals surface area contributed by atoms with Gasteiger partial charge in [-0.05, 0) is 81.8 Å². The summed E-state index contributed by atoms with van der Waals surface area (Å²) in [6.07, 6.45) is 0. The molecule has 2 aromatic carbocycles. The van der Waals surface area contributed by atoms with Gasteiger partial charge in [-0.25, -0.2) is 8.42 Å². The Morgan fingerprint density at radius 3 is 2.07 bits per heavy atom. The Bertz CT molecular complexity index is 1170. The fourth-order valence-corrected chi connectivity index (χ4v) is 5.51. The van der Waals surface area contributed by atoms with E-state index in [0.717, 1.165) is 33.5 Å². The van der Waals surface area contributed by atoms with E-state index in [1.54, 1.807) is 0 Å². The van der Waals surface area contributed by atoms with Crippen LogP contribution in [0, 0.1) is 48.5 Å². The molecule has 0 saturated carbocycles. The van der Waals surface area contributed by atoms with Crippen molar-refractivity contribution in [3.63, 3.8) is 0 Å². The van der Waals surface area contributed by atoms with E-state index in [4.69, 9.17) is 0 Å². The third-order valence-electron chi connectivity index (χ3n) is 5.77. The number of aryl methyl sites for hydroxylation is 4. The van der Waals surface area contributed by atoms with Crippen LogP contribution >= 0.6 is 0 Å². The summed E-state index contributed by atoms with van der Waals surface area (Å²) >= 11 is 0. The molecule has 0 aliphatic carbocycles. The minimum absolute atomic E-state index is 0.362. The van der Waals surface area contributed by atoms with Gasteiger partial charge in [0.2, 0.25) is 0 Å². The van der Waals surface area contributed by atoms with Gasteiger partial charge in [0.15, 0.2) is 0 Å². The Balaban J connectivity index is 2.02. The third-order valence-corrected chi connectivity index (χ3v) is 7.39. The number of hydrogen-bond donors (Lipinski definition) is 1. The number of hydrogen-bond acceptors (Lipinski definition) is 3. The lowest BCUT2D eigenvalue weighted by atomic mass is 10.0. The molecule has 0 spiro atoms. The molecule has 29 heavy (non-hydrogen) atoms. The van der Waals surface area contributed by atoms with Crippen LogP contribution in [0.4, 0.5) is 5.69 Å². The van der Waals surface area contributed by atoms with Crippen molar-refractivity contribution < 1.29 is 8.42 Å². The highest BCUT2D eigenvalue weighted by Gasteiger charge is 2.25. The van der Waals surface area contributed by atoms with Crippen molar-refractivity contribution >= 4 is 15.7 Å². The number of anilines is 1. The number of sulfonamides is 1. The van der Waals surface area contributed by atoms with Crippen LogP contribution in [0.1, 0.15) is 44.8 Å². The zero-order valence-corrected chi connectivity index (χ0v) is 19.0. The van der Waals surface area contributed by atoms with E-state index < -0.39 is 10.0 Å². The van der Waals surface area contributed by atoms with Gasteiger partial charge in [0.25, 0.3) is 10.0 Å². The van der Waals surface area contributed by atoms with E-state index in [1.165, 1.54) is 5.56 Å². The summed E-state index contributed by atoms with van der Waals surface area (Å²) < 4.78 is 31.3. The lowest BCUT2D eigenvalue weighted by molar-refractivity contribution is 0.599. The standard InChI is InChI=1S/C23H29N3O2S/c1-14-10-8-9-11-21(14)13-26-20(7)22(19(6)24-26)25-29(27,28)23-17(4)15(2)12-16(3)18(23)5/h8-12,25H,13H2,1-7H3. The first-order chi connectivity index (χ1) is 13.5. The van der Waals surface area contributed by atoms with Gasteiger partial charge in [-0.3, -0.25) is 9.40 Å². The summed E-state index contributed by atoms with van der Waals surface area (Å²) in [5.74, 6) is 0. The number of nitrogens with one attached hydrogen (secondary N) is 1. The molecule has 6 heteroatoms. The molecule has 0 bridgehead atoms. The van der Waals surface area contributed by atoms with E-state index in [9.17, 15) is 8.42 Å². The Labute approximate surface area is 173 Å². The summed E-state index contributed by atoms with van der Waals surface area (Å²) in [6, 6.07) is 10.2. The Hall–Kier alpha value is -2.60. The number of aromatic nitrogens is 2.